The van der Waals surface area contributed by atoms with Crippen molar-refractivity contribution in [2.45, 2.75) is 50.7 Å². The molecule has 6 nitrogen and oxygen atoms in total. The molecule has 0 N–H and O–H groups in total. The highest BCUT2D eigenvalue weighted by molar-refractivity contribution is 6.21. The number of amides is 3. The molecule has 1 aromatic carbocycles. The summed E-state index contributed by atoms with van der Waals surface area (Å²) >= 11 is 0. The molecular formula is C20H24N2O4. The molecule has 0 spiro atoms. The lowest BCUT2D eigenvalue weighted by Crippen LogP contribution is -2.54. The molecule has 1 aromatic rings. The molecule has 1 aliphatic carbocycles. The van der Waals surface area contributed by atoms with E-state index in [2.05, 4.69) is 0 Å². The minimum absolute atomic E-state index is 0.113. The van der Waals surface area contributed by atoms with Crippen molar-refractivity contribution in [3.05, 3.63) is 35.4 Å². The highest BCUT2D eigenvalue weighted by Gasteiger charge is 2.37. The van der Waals surface area contributed by atoms with Gasteiger partial charge in [-0.1, -0.05) is 25.0 Å². The van der Waals surface area contributed by atoms with Crippen LogP contribution < -0.4 is 0 Å². The molecule has 0 aromatic heterocycles. The quantitative estimate of drug-likeness (QED) is 0.776. The van der Waals surface area contributed by atoms with E-state index in [1.54, 1.807) is 24.3 Å². The molecule has 2 atom stereocenters. The lowest BCUT2D eigenvalue weighted by atomic mass is 9.90. The van der Waals surface area contributed by atoms with E-state index < -0.39 is 0 Å². The molecule has 2 unspecified atom stereocenters. The summed E-state index contributed by atoms with van der Waals surface area (Å²) in [6.45, 7) is 1.54. The lowest BCUT2D eigenvalue weighted by Gasteiger charge is -2.43. The fraction of sp³-hybridized carbons (Fsp3) is 0.550. The first-order valence-electron chi connectivity index (χ1n) is 9.53. The molecular weight excluding hydrogens is 332 g/mol. The van der Waals surface area contributed by atoms with Crippen molar-refractivity contribution in [1.82, 2.24) is 9.80 Å². The van der Waals surface area contributed by atoms with Gasteiger partial charge in [-0.2, -0.15) is 0 Å². The Morgan fingerprint density at radius 2 is 1.77 bits per heavy atom. The van der Waals surface area contributed by atoms with E-state index in [1.807, 2.05) is 4.90 Å². The van der Waals surface area contributed by atoms with Gasteiger partial charge in [0, 0.05) is 19.5 Å². The zero-order chi connectivity index (χ0) is 18.1. The Labute approximate surface area is 153 Å². The van der Waals surface area contributed by atoms with Crippen LogP contribution in [-0.2, 0) is 9.53 Å². The number of fused-ring (bicyclic) bond motifs is 2. The molecule has 4 rings (SSSR count). The van der Waals surface area contributed by atoms with Crippen LogP contribution in [0.1, 0.15) is 59.2 Å². The average molecular weight is 356 g/mol. The average Bonchev–Trinajstić information content (AvgIpc) is 2.92. The smallest absolute Gasteiger partial charge is 0.261 e. The maximum Gasteiger partial charge on any atom is 0.261 e. The third kappa shape index (κ3) is 3.03. The zero-order valence-corrected chi connectivity index (χ0v) is 14.9. The van der Waals surface area contributed by atoms with Crippen molar-refractivity contribution in [3.8, 4) is 0 Å². The Morgan fingerprint density at radius 3 is 2.50 bits per heavy atom. The van der Waals surface area contributed by atoms with Crippen LogP contribution in [0, 0.1) is 0 Å². The van der Waals surface area contributed by atoms with Crippen molar-refractivity contribution in [1.29, 1.82) is 0 Å². The van der Waals surface area contributed by atoms with Crippen molar-refractivity contribution < 1.29 is 19.1 Å². The van der Waals surface area contributed by atoms with Gasteiger partial charge in [0.05, 0.1) is 29.9 Å². The van der Waals surface area contributed by atoms with Gasteiger partial charge in [-0.3, -0.25) is 19.3 Å². The fourth-order valence-corrected chi connectivity index (χ4v) is 4.38. The van der Waals surface area contributed by atoms with Gasteiger partial charge >= 0.3 is 0 Å². The third-order valence-corrected chi connectivity index (χ3v) is 5.70. The number of hydrogen-bond donors (Lipinski definition) is 0. The predicted molar refractivity (Wildman–Crippen MR) is 94.8 cm³/mol. The Hall–Kier alpha value is -2.21. The second-order valence-electron chi connectivity index (χ2n) is 7.26. The Kier molecular flexibility index (Phi) is 4.76. The molecule has 3 aliphatic rings. The van der Waals surface area contributed by atoms with Crippen molar-refractivity contribution >= 4 is 17.7 Å². The largest absolute Gasteiger partial charge is 0.374 e. The summed E-state index contributed by atoms with van der Waals surface area (Å²) in [5.74, 6) is -0.393. The second-order valence-corrected chi connectivity index (χ2v) is 7.26. The van der Waals surface area contributed by atoms with Gasteiger partial charge < -0.3 is 9.64 Å². The molecule has 2 heterocycles. The van der Waals surface area contributed by atoms with E-state index in [0.717, 1.165) is 19.3 Å². The highest BCUT2D eigenvalue weighted by atomic mass is 16.5. The van der Waals surface area contributed by atoms with E-state index in [0.29, 0.717) is 37.1 Å². The maximum atomic E-state index is 12.7. The molecule has 1 saturated heterocycles. The van der Waals surface area contributed by atoms with Crippen LogP contribution in [0.15, 0.2) is 24.3 Å². The summed E-state index contributed by atoms with van der Waals surface area (Å²) in [5.41, 5.74) is 0.920. The van der Waals surface area contributed by atoms with E-state index in [9.17, 15) is 14.4 Å². The molecule has 0 radical (unpaired) electrons. The number of hydrogen-bond acceptors (Lipinski definition) is 4. The van der Waals surface area contributed by atoms with Crippen LogP contribution >= 0.6 is 0 Å². The number of benzene rings is 1. The lowest BCUT2D eigenvalue weighted by molar-refractivity contribution is -0.149. The van der Waals surface area contributed by atoms with Crippen molar-refractivity contribution in [2.24, 2.45) is 0 Å². The number of nitrogens with zero attached hydrogens (tertiary/aromatic N) is 2. The van der Waals surface area contributed by atoms with Gasteiger partial charge in [0.25, 0.3) is 11.8 Å². The van der Waals surface area contributed by atoms with Crippen LogP contribution in [0.3, 0.4) is 0 Å². The summed E-state index contributed by atoms with van der Waals surface area (Å²) in [5, 5.41) is 0. The van der Waals surface area contributed by atoms with Gasteiger partial charge in [0.15, 0.2) is 0 Å². The van der Waals surface area contributed by atoms with Crippen molar-refractivity contribution in [2.75, 3.05) is 19.7 Å². The summed E-state index contributed by atoms with van der Waals surface area (Å²) in [6.07, 6.45) is 5.39. The molecule has 1 saturated carbocycles. The SMILES string of the molecule is O=C1c2ccccc2C(=O)N1CCCC(=O)N1CCOC2CCCCC21. The predicted octanol–water partition coefficient (Wildman–Crippen LogP) is 2.23. The standard InChI is InChI=1S/C20H24N2O4/c23-18(21-12-13-26-17-9-4-3-8-16(17)21)10-5-11-22-19(24)14-6-1-2-7-15(14)20(22)25/h1-2,6-7,16-17H,3-5,8-13H2. The van der Waals surface area contributed by atoms with Crippen LogP contribution in [0.5, 0.6) is 0 Å². The number of ether oxygens (including phenoxy) is 1. The normalized spacial score (nSPS) is 25.2. The summed E-state index contributed by atoms with van der Waals surface area (Å²) in [6, 6.07) is 7.07. The van der Waals surface area contributed by atoms with Gasteiger partial charge in [-0.05, 0) is 31.4 Å². The van der Waals surface area contributed by atoms with Gasteiger partial charge in [-0.25, -0.2) is 0 Å². The first kappa shape index (κ1) is 17.2. The molecule has 26 heavy (non-hydrogen) atoms. The van der Waals surface area contributed by atoms with E-state index in [-0.39, 0.29) is 36.4 Å². The minimum Gasteiger partial charge on any atom is -0.374 e. The summed E-state index contributed by atoms with van der Waals surface area (Å²) in [4.78, 5) is 40.7. The number of carbonyl (C=O) groups is 3. The number of rotatable bonds is 4. The van der Waals surface area contributed by atoms with Crippen molar-refractivity contribution in [3.63, 3.8) is 0 Å². The number of morpholine rings is 1. The maximum absolute atomic E-state index is 12.7. The van der Waals surface area contributed by atoms with Crippen LogP contribution in [0.25, 0.3) is 0 Å². The fourth-order valence-electron chi connectivity index (χ4n) is 4.38. The first-order chi connectivity index (χ1) is 12.7. The van der Waals surface area contributed by atoms with Gasteiger partial charge in [0.1, 0.15) is 0 Å². The second kappa shape index (κ2) is 7.19. The number of carbonyl (C=O) groups excluding carboxylic acids is 3. The molecule has 6 heteroatoms. The Bertz CT molecular complexity index is 695. The van der Waals surface area contributed by atoms with E-state index in [4.69, 9.17) is 4.74 Å². The van der Waals surface area contributed by atoms with Gasteiger partial charge in [0.2, 0.25) is 5.91 Å². The van der Waals surface area contributed by atoms with Crippen LogP contribution in [0.2, 0.25) is 0 Å². The third-order valence-electron chi connectivity index (χ3n) is 5.70. The van der Waals surface area contributed by atoms with Crippen LogP contribution in [-0.4, -0.2) is 59.4 Å². The topological polar surface area (TPSA) is 66.9 Å². The highest BCUT2D eigenvalue weighted by Crippen LogP contribution is 2.29. The molecule has 3 amide bonds. The summed E-state index contributed by atoms with van der Waals surface area (Å²) in [7, 11) is 0. The Morgan fingerprint density at radius 1 is 1.08 bits per heavy atom. The molecule has 0 bridgehead atoms. The molecule has 2 fully saturated rings. The van der Waals surface area contributed by atoms with E-state index in [1.165, 1.54) is 11.3 Å². The molecule has 2 aliphatic heterocycles. The minimum atomic E-state index is -0.253. The van der Waals surface area contributed by atoms with Crippen LogP contribution in [0.4, 0.5) is 0 Å². The van der Waals surface area contributed by atoms with E-state index >= 15 is 0 Å². The van der Waals surface area contributed by atoms with Gasteiger partial charge in [-0.15, -0.1) is 0 Å². The monoisotopic (exact) mass is 356 g/mol. The zero-order valence-electron chi connectivity index (χ0n) is 14.9. The number of imide groups is 1. The Balaban J connectivity index is 1.33. The molecule has 138 valence electrons. The summed E-state index contributed by atoms with van der Waals surface area (Å²) < 4.78 is 5.82. The first-order valence-corrected chi connectivity index (χ1v) is 9.53.